The maximum absolute atomic E-state index is 14.2. The van der Waals surface area contributed by atoms with Gasteiger partial charge in [0.15, 0.2) is 0 Å². The van der Waals surface area contributed by atoms with Gasteiger partial charge in [0.2, 0.25) is 0 Å². The first-order valence-corrected chi connectivity index (χ1v) is 10.3. The molecule has 2 aromatic carbocycles. The average molecular weight is 395 g/mol. The third-order valence-corrected chi connectivity index (χ3v) is 5.17. The van der Waals surface area contributed by atoms with E-state index in [1.54, 1.807) is 19.2 Å². The highest BCUT2D eigenvalue weighted by Crippen LogP contribution is 2.18. The summed E-state index contributed by atoms with van der Waals surface area (Å²) in [6.07, 6.45) is 3.20. The fourth-order valence-corrected chi connectivity index (χ4v) is 3.47. The summed E-state index contributed by atoms with van der Waals surface area (Å²) in [7, 11) is 1.69. The van der Waals surface area contributed by atoms with E-state index in [1.165, 1.54) is 11.3 Å². The summed E-state index contributed by atoms with van der Waals surface area (Å²) in [5, 5.41) is 0. The molecule has 0 spiro atoms. The van der Waals surface area contributed by atoms with Crippen LogP contribution in [-0.2, 0) is 19.6 Å². The molecule has 1 heterocycles. The summed E-state index contributed by atoms with van der Waals surface area (Å²) in [6, 6.07) is 19.5. The molecule has 0 atom stereocenters. The lowest BCUT2D eigenvalue weighted by Gasteiger charge is -2.24. The third-order valence-electron chi connectivity index (χ3n) is 5.17. The monoisotopic (exact) mass is 394 g/mol. The number of halogens is 1. The van der Waals surface area contributed by atoms with Crippen LogP contribution in [0.3, 0.4) is 0 Å². The van der Waals surface area contributed by atoms with Crippen LogP contribution in [0.2, 0.25) is 0 Å². The standard InChI is InChI=1S/C25H31FN2O/c1-20(2)13-15-27(18-22-9-4-5-12-25(22)26)19-23-10-7-14-28(23)17-21-8-6-11-24(16-21)29-3/h4-12,14,16,20H,13,15,17-19H2,1-3H3. The van der Waals surface area contributed by atoms with Gasteiger partial charge in [-0.15, -0.1) is 0 Å². The van der Waals surface area contributed by atoms with Crippen molar-refractivity contribution in [3.63, 3.8) is 0 Å². The van der Waals surface area contributed by atoms with Crippen LogP contribution in [-0.4, -0.2) is 23.1 Å². The number of ether oxygens (including phenoxy) is 1. The maximum atomic E-state index is 14.2. The highest BCUT2D eigenvalue weighted by Gasteiger charge is 2.13. The fraction of sp³-hybridized carbons (Fsp3) is 0.360. The smallest absolute Gasteiger partial charge is 0.127 e. The summed E-state index contributed by atoms with van der Waals surface area (Å²) in [5.74, 6) is 1.35. The van der Waals surface area contributed by atoms with Crippen LogP contribution in [0, 0.1) is 11.7 Å². The molecule has 3 nitrogen and oxygen atoms in total. The Morgan fingerprint density at radius 1 is 1.00 bits per heavy atom. The van der Waals surface area contributed by atoms with Gasteiger partial charge in [0, 0.05) is 37.1 Å². The number of nitrogens with zero attached hydrogens (tertiary/aromatic N) is 2. The first kappa shape index (κ1) is 21.1. The summed E-state index contributed by atoms with van der Waals surface area (Å²) in [5.41, 5.74) is 3.18. The van der Waals surface area contributed by atoms with E-state index in [4.69, 9.17) is 4.74 Å². The van der Waals surface area contributed by atoms with Crippen molar-refractivity contribution < 1.29 is 9.13 Å². The Morgan fingerprint density at radius 3 is 2.59 bits per heavy atom. The molecule has 0 fully saturated rings. The highest BCUT2D eigenvalue weighted by atomic mass is 19.1. The van der Waals surface area contributed by atoms with E-state index in [-0.39, 0.29) is 5.82 Å². The van der Waals surface area contributed by atoms with Crippen molar-refractivity contribution in [1.29, 1.82) is 0 Å². The van der Waals surface area contributed by atoms with E-state index in [2.05, 4.69) is 53.8 Å². The second kappa shape index (κ2) is 10.3. The van der Waals surface area contributed by atoms with Gasteiger partial charge in [0.1, 0.15) is 11.6 Å². The van der Waals surface area contributed by atoms with Gasteiger partial charge < -0.3 is 9.30 Å². The molecule has 0 aliphatic heterocycles. The minimum absolute atomic E-state index is 0.131. The van der Waals surface area contributed by atoms with Crippen molar-refractivity contribution in [2.75, 3.05) is 13.7 Å². The Morgan fingerprint density at radius 2 is 1.83 bits per heavy atom. The highest BCUT2D eigenvalue weighted by molar-refractivity contribution is 5.29. The predicted octanol–water partition coefficient (Wildman–Crippen LogP) is 5.73. The molecule has 0 saturated heterocycles. The Hall–Kier alpha value is -2.59. The van der Waals surface area contributed by atoms with E-state index >= 15 is 0 Å². The van der Waals surface area contributed by atoms with E-state index in [1.807, 2.05) is 24.3 Å². The second-order valence-electron chi connectivity index (χ2n) is 7.96. The van der Waals surface area contributed by atoms with Crippen molar-refractivity contribution in [3.05, 3.63) is 89.5 Å². The average Bonchev–Trinajstić information content (AvgIpc) is 3.14. The molecule has 3 aromatic rings. The largest absolute Gasteiger partial charge is 0.497 e. The maximum Gasteiger partial charge on any atom is 0.127 e. The SMILES string of the molecule is COc1cccc(Cn2cccc2CN(CCC(C)C)Cc2ccccc2F)c1. The zero-order valence-corrected chi connectivity index (χ0v) is 17.6. The Kier molecular flexibility index (Phi) is 7.48. The zero-order chi connectivity index (χ0) is 20.6. The zero-order valence-electron chi connectivity index (χ0n) is 17.6. The van der Waals surface area contributed by atoms with Gasteiger partial charge in [0.05, 0.1) is 7.11 Å². The first-order chi connectivity index (χ1) is 14.0. The van der Waals surface area contributed by atoms with E-state index in [0.717, 1.165) is 37.4 Å². The van der Waals surface area contributed by atoms with Crippen molar-refractivity contribution in [1.82, 2.24) is 9.47 Å². The number of hydrogen-bond acceptors (Lipinski definition) is 2. The molecule has 29 heavy (non-hydrogen) atoms. The lowest BCUT2D eigenvalue weighted by molar-refractivity contribution is 0.232. The molecule has 1 aromatic heterocycles. The molecular weight excluding hydrogens is 363 g/mol. The van der Waals surface area contributed by atoms with Crippen LogP contribution < -0.4 is 4.74 Å². The van der Waals surface area contributed by atoms with Crippen LogP contribution in [0.4, 0.5) is 4.39 Å². The van der Waals surface area contributed by atoms with E-state index < -0.39 is 0 Å². The third kappa shape index (κ3) is 6.20. The molecular formula is C25H31FN2O. The molecule has 154 valence electrons. The normalized spacial score (nSPS) is 11.4. The minimum atomic E-state index is -0.131. The Balaban J connectivity index is 1.75. The molecule has 4 heteroatoms. The molecule has 0 unspecified atom stereocenters. The van der Waals surface area contributed by atoms with Gasteiger partial charge in [-0.3, -0.25) is 4.90 Å². The topological polar surface area (TPSA) is 17.4 Å². The lowest BCUT2D eigenvalue weighted by Crippen LogP contribution is -2.26. The second-order valence-corrected chi connectivity index (χ2v) is 7.96. The molecule has 3 rings (SSSR count). The Bertz CT molecular complexity index is 903. The van der Waals surface area contributed by atoms with Gasteiger partial charge in [-0.1, -0.05) is 44.2 Å². The van der Waals surface area contributed by atoms with Crippen LogP contribution in [0.15, 0.2) is 66.9 Å². The first-order valence-electron chi connectivity index (χ1n) is 10.3. The summed E-state index contributed by atoms with van der Waals surface area (Å²) in [6.45, 7) is 7.59. The van der Waals surface area contributed by atoms with Crippen molar-refractivity contribution in [2.45, 2.75) is 39.9 Å². The van der Waals surface area contributed by atoms with Gasteiger partial charge in [-0.05, 0) is 54.8 Å². The molecule has 0 amide bonds. The van der Waals surface area contributed by atoms with Crippen molar-refractivity contribution >= 4 is 0 Å². The van der Waals surface area contributed by atoms with Crippen molar-refractivity contribution in [2.24, 2.45) is 5.92 Å². The van der Waals surface area contributed by atoms with Gasteiger partial charge in [-0.25, -0.2) is 4.39 Å². The fourth-order valence-electron chi connectivity index (χ4n) is 3.47. The molecule has 0 saturated carbocycles. The summed E-state index contributed by atoms with van der Waals surface area (Å²) >= 11 is 0. The number of benzene rings is 2. The van der Waals surface area contributed by atoms with Gasteiger partial charge in [0.25, 0.3) is 0 Å². The molecule has 0 aliphatic carbocycles. The van der Waals surface area contributed by atoms with Crippen molar-refractivity contribution in [3.8, 4) is 5.75 Å². The van der Waals surface area contributed by atoms with E-state index in [9.17, 15) is 4.39 Å². The molecule has 0 aliphatic rings. The van der Waals surface area contributed by atoms with Crippen LogP contribution in [0.1, 0.15) is 37.1 Å². The minimum Gasteiger partial charge on any atom is -0.497 e. The van der Waals surface area contributed by atoms with Crippen LogP contribution in [0.25, 0.3) is 0 Å². The molecule has 0 bridgehead atoms. The quantitative estimate of drug-likeness (QED) is 0.437. The number of hydrogen-bond donors (Lipinski definition) is 0. The van der Waals surface area contributed by atoms with Gasteiger partial charge in [-0.2, -0.15) is 0 Å². The van der Waals surface area contributed by atoms with Crippen LogP contribution >= 0.6 is 0 Å². The van der Waals surface area contributed by atoms with Crippen LogP contribution in [0.5, 0.6) is 5.75 Å². The molecule has 0 radical (unpaired) electrons. The molecule has 0 N–H and O–H groups in total. The summed E-state index contributed by atoms with van der Waals surface area (Å²) < 4.78 is 21.8. The number of rotatable bonds is 10. The van der Waals surface area contributed by atoms with E-state index in [0.29, 0.717) is 12.5 Å². The number of aromatic nitrogens is 1. The van der Waals surface area contributed by atoms with Gasteiger partial charge >= 0.3 is 0 Å². The Labute approximate surface area is 173 Å². The number of methoxy groups -OCH3 is 1. The lowest BCUT2D eigenvalue weighted by atomic mass is 10.1. The summed E-state index contributed by atoms with van der Waals surface area (Å²) in [4.78, 5) is 2.34. The predicted molar refractivity (Wildman–Crippen MR) is 116 cm³/mol.